The summed E-state index contributed by atoms with van der Waals surface area (Å²) in [5, 5.41) is 0.168. The lowest BCUT2D eigenvalue weighted by atomic mass is 10.2. The first kappa shape index (κ1) is 16.0. The van der Waals surface area contributed by atoms with E-state index in [1.54, 1.807) is 24.3 Å². The largest absolute Gasteiger partial charge is 0.268 e. The van der Waals surface area contributed by atoms with Crippen molar-refractivity contribution in [2.24, 2.45) is 0 Å². The predicted octanol–water partition coefficient (Wildman–Crippen LogP) is 3.53. The molecule has 1 amide bonds. The van der Waals surface area contributed by atoms with E-state index in [1.165, 1.54) is 18.2 Å². The number of nitrogens with one attached hydrogen (secondary N) is 1. The summed E-state index contributed by atoms with van der Waals surface area (Å²) in [5.74, 6) is -0.784. The third-order valence-electron chi connectivity index (χ3n) is 2.75. The highest BCUT2D eigenvalue weighted by Crippen LogP contribution is 2.25. The molecule has 2 aromatic rings. The van der Waals surface area contributed by atoms with Crippen molar-refractivity contribution in [3.8, 4) is 0 Å². The van der Waals surface area contributed by atoms with E-state index in [4.69, 9.17) is 11.6 Å². The maximum Gasteiger partial charge on any atom is 0.267 e. The van der Waals surface area contributed by atoms with Gasteiger partial charge in [-0.15, -0.1) is 0 Å². The van der Waals surface area contributed by atoms with Crippen LogP contribution >= 0.6 is 27.5 Å². The minimum Gasteiger partial charge on any atom is -0.268 e. The molecular formula is C14H11BrClNO3S. The summed E-state index contributed by atoms with van der Waals surface area (Å²) in [5.41, 5.74) is 1.00. The Morgan fingerprint density at radius 3 is 2.33 bits per heavy atom. The van der Waals surface area contributed by atoms with E-state index < -0.39 is 15.9 Å². The third kappa shape index (κ3) is 3.64. The minimum absolute atomic E-state index is 0.0182. The van der Waals surface area contributed by atoms with E-state index in [1.807, 2.05) is 11.6 Å². The minimum atomic E-state index is -3.94. The predicted molar refractivity (Wildman–Crippen MR) is 85.0 cm³/mol. The maximum atomic E-state index is 12.2. The molecule has 0 bridgehead atoms. The van der Waals surface area contributed by atoms with Crippen molar-refractivity contribution in [1.82, 2.24) is 4.72 Å². The van der Waals surface area contributed by atoms with Gasteiger partial charge in [0.05, 0.1) is 15.5 Å². The zero-order chi connectivity index (χ0) is 15.6. The Bertz CT molecular complexity index is 768. The average molecular weight is 389 g/mol. The molecule has 2 rings (SSSR count). The molecule has 0 fully saturated rings. The fourth-order valence-corrected chi connectivity index (χ4v) is 3.54. The Labute approximate surface area is 136 Å². The van der Waals surface area contributed by atoms with Gasteiger partial charge in [-0.25, -0.2) is 13.1 Å². The van der Waals surface area contributed by atoms with Gasteiger partial charge < -0.3 is 0 Å². The molecule has 21 heavy (non-hydrogen) atoms. The highest BCUT2D eigenvalue weighted by molar-refractivity contribution is 9.10. The van der Waals surface area contributed by atoms with Crippen molar-refractivity contribution in [3.05, 3.63) is 63.1 Å². The summed E-state index contributed by atoms with van der Waals surface area (Å²) in [4.78, 5) is 12.2. The first-order valence-electron chi connectivity index (χ1n) is 5.89. The molecule has 7 heteroatoms. The van der Waals surface area contributed by atoms with Crippen molar-refractivity contribution < 1.29 is 13.2 Å². The Kier molecular flexibility index (Phi) is 4.70. The summed E-state index contributed by atoms with van der Waals surface area (Å²) in [6, 6.07) is 11.0. The number of sulfonamides is 1. The summed E-state index contributed by atoms with van der Waals surface area (Å²) < 4.78 is 26.8. The molecule has 0 radical (unpaired) electrons. The van der Waals surface area contributed by atoms with Crippen LogP contribution < -0.4 is 4.72 Å². The number of halogens is 2. The molecule has 0 spiro atoms. The third-order valence-corrected chi connectivity index (χ3v) is 5.07. The summed E-state index contributed by atoms with van der Waals surface area (Å²) in [6.45, 7) is 1.84. The molecule has 0 aliphatic rings. The van der Waals surface area contributed by atoms with Crippen molar-refractivity contribution >= 4 is 43.5 Å². The molecule has 110 valence electrons. The average Bonchev–Trinajstić information content (AvgIpc) is 2.38. The van der Waals surface area contributed by atoms with Crippen LogP contribution in [0.25, 0.3) is 0 Å². The number of benzene rings is 2. The maximum absolute atomic E-state index is 12.2. The molecule has 4 nitrogen and oxygen atoms in total. The molecule has 0 aliphatic carbocycles. The van der Waals surface area contributed by atoms with Crippen molar-refractivity contribution in [1.29, 1.82) is 0 Å². The second-order valence-electron chi connectivity index (χ2n) is 4.34. The first-order valence-corrected chi connectivity index (χ1v) is 8.54. The standard InChI is InChI=1S/C14H11BrClNO3S/c1-9-5-7-10(8-6-9)21(19,20)17-14(18)13-11(15)3-2-4-12(13)16/h2-8H,1H3,(H,17,18). The number of aryl methyl sites for hydroxylation is 1. The Morgan fingerprint density at radius 1 is 1.14 bits per heavy atom. The molecule has 1 N–H and O–H groups in total. The molecule has 0 atom stereocenters. The van der Waals surface area contributed by atoms with E-state index in [9.17, 15) is 13.2 Å². The van der Waals surface area contributed by atoms with Crippen LogP contribution in [0.4, 0.5) is 0 Å². The van der Waals surface area contributed by atoms with Gasteiger partial charge in [0.1, 0.15) is 0 Å². The van der Waals surface area contributed by atoms with Crippen LogP contribution in [0.3, 0.4) is 0 Å². The fourth-order valence-electron chi connectivity index (χ4n) is 1.66. The number of hydrogen-bond donors (Lipinski definition) is 1. The molecule has 0 unspecified atom stereocenters. The molecule has 0 saturated carbocycles. The van der Waals surface area contributed by atoms with Crippen LogP contribution in [0.5, 0.6) is 0 Å². The SMILES string of the molecule is Cc1ccc(S(=O)(=O)NC(=O)c2c(Cl)cccc2Br)cc1. The van der Waals surface area contributed by atoms with Crippen LogP contribution in [-0.4, -0.2) is 14.3 Å². The Hall–Kier alpha value is -1.37. The molecule has 0 aliphatic heterocycles. The van der Waals surface area contributed by atoms with E-state index in [2.05, 4.69) is 15.9 Å². The topological polar surface area (TPSA) is 63.2 Å². The van der Waals surface area contributed by atoms with Crippen LogP contribution in [0, 0.1) is 6.92 Å². The second-order valence-corrected chi connectivity index (χ2v) is 7.29. The first-order chi connectivity index (χ1) is 9.81. The van der Waals surface area contributed by atoms with Gasteiger partial charge in [0, 0.05) is 4.47 Å². The zero-order valence-corrected chi connectivity index (χ0v) is 14.1. The van der Waals surface area contributed by atoms with Crippen LogP contribution in [0.15, 0.2) is 51.8 Å². The fraction of sp³-hybridized carbons (Fsp3) is 0.0714. The van der Waals surface area contributed by atoms with Gasteiger partial charge in [0.15, 0.2) is 0 Å². The van der Waals surface area contributed by atoms with Crippen molar-refractivity contribution in [2.75, 3.05) is 0 Å². The number of carbonyl (C=O) groups is 1. The lowest BCUT2D eigenvalue weighted by Gasteiger charge is -2.09. The Morgan fingerprint density at radius 2 is 1.76 bits per heavy atom. The van der Waals surface area contributed by atoms with Gasteiger partial charge in [0.25, 0.3) is 15.9 Å². The molecule has 0 heterocycles. The van der Waals surface area contributed by atoms with Crippen LogP contribution in [0.2, 0.25) is 5.02 Å². The lowest BCUT2D eigenvalue weighted by Crippen LogP contribution is -2.31. The van der Waals surface area contributed by atoms with E-state index in [-0.39, 0.29) is 15.5 Å². The quantitative estimate of drug-likeness (QED) is 0.875. The lowest BCUT2D eigenvalue weighted by molar-refractivity contribution is 0.0981. The highest BCUT2D eigenvalue weighted by Gasteiger charge is 2.21. The van der Waals surface area contributed by atoms with E-state index in [0.29, 0.717) is 4.47 Å². The number of amides is 1. The summed E-state index contributed by atoms with van der Waals surface area (Å²) >= 11 is 9.12. The molecular weight excluding hydrogens is 378 g/mol. The number of carbonyl (C=O) groups excluding carboxylic acids is 1. The zero-order valence-electron chi connectivity index (χ0n) is 10.9. The van der Waals surface area contributed by atoms with Crippen LogP contribution in [0.1, 0.15) is 15.9 Å². The second kappa shape index (κ2) is 6.17. The van der Waals surface area contributed by atoms with Gasteiger partial charge in [-0.1, -0.05) is 35.4 Å². The van der Waals surface area contributed by atoms with Crippen LogP contribution in [-0.2, 0) is 10.0 Å². The van der Waals surface area contributed by atoms with Gasteiger partial charge in [-0.3, -0.25) is 4.79 Å². The highest BCUT2D eigenvalue weighted by atomic mass is 79.9. The van der Waals surface area contributed by atoms with Crippen molar-refractivity contribution in [2.45, 2.75) is 11.8 Å². The number of rotatable bonds is 3. The van der Waals surface area contributed by atoms with Gasteiger partial charge in [0.2, 0.25) is 0 Å². The van der Waals surface area contributed by atoms with E-state index in [0.717, 1.165) is 5.56 Å². The van der Waals surface area contributed by atoms with Gasteiger partial charge in [-0.2, -0.15) is 0 Å². The molecule has 0 saturated heterocycles. The Balaban J connectivity index is 2.33. The summed E-state index contributed by atoms with van der Waals surface area (Å²) in [6.07, 6.45) is 0. The molecule has 2 aromatic carbocycles. The van der Waals surface area contributed by atoms with Gasteiger partial charge >= 0.3 is 0 Å². The summed E-state index contributed by atoms with van der Waals surface area (Å²) in [7, 11) is -3.94. The van der Waals surface area contributed by atoms with Gasteiger partial charge in [-0.05, 0) is 47.1 Å². The monoisotopic (exact) mass is 387 g/mol. The molecule has 0 aromatic heterocycles. The smallest absolute Gasteiger partial charge is 0.267 e. The van der Waals surface area contributed by atoms with Crippen molar-refractivity contribution in [3.63, 3.8) is 0 Å². The van der Waals surface area contributed by atoms with E-state index >= 15 is 0 Å². The normalized spacial score (nSPS) is 11.2. The number of hydrogen-bond acceptors (Lipinski definition) is 3.